The molecule has 0 unspecified atom stereocenters. The summed E-state index contributed by atoms with van der Waals surface area (Å²) in [7, 11) is 0. The Morgan fingerprint density at radius 1 is 1.00 bits per heavy atom. The molecule has 3 heterocycles. The van der Waals surface area contributed by atoms with Crippen LogP contribution in [0.15, 0.2) is 48.9 Å². The molecule has 3 aromatic heterocycles. The topological polar surface area (TPSA) is 75.6 Å². The Hall–Kier alpha value is -3.02. The van der Waals surface area contributed by atoms with Gasteiger partial charge in [0.2, 0.25) is 0 Å². The highest BCUT2D eigenvalue weighted by atomic mass is 15.0. The molecule has 0 aromatic carbocycles. The zero-order valence-electron chi connectivity index (χ0n) is 14.8. The van der Waals surface area contributed by atoms with E-state index in [0.717, 1.165) is 35.1 Å². The van der Waals surface area contributed by atoms with Crippen molar-refractivity contribution in [1.29, 1.82) is 0 Å². The fraction of sp³-hybridized carbons (Fsp3) is 0.300. The number of rotatable bonds is 7. The lowest BCUT2D eigenvalue weighted by molar-refractivity contribution is 0.991. The van der Waals surface area contributed by atoms with E-state index >= 15 is 0 Å². The quantitative estimate of drug-likeness (QED) is 0.680. The van der Waals surface area contributed by atoms with Gasteiger partial charge in [-0.1, -0.05) is 6.92 Å². The molecule has 0 aliphatic heterocycles. The minimum Gasteiger partial charge on any atom is -0.367 e. The zero-order valence-corrected chi connectivity index (χ0v) is 14.8. The summed E-state index contributed by atoms with van der Waals surface area (Å²) < 4.78 is 0. The van der Waals surface area contributed by atoms with Gasteiger partial charge in [-0.25, -0.2) is 15.0 Å². The lowest BCUT2D eigenvalue weighted by Gasteiger charge is -2.11. The van der Waals surface area contributed by atoms with E-state index in [0.29, 0.717) is 12.6 Å². The van der Waals surface area contributed by atoms with Crippen molar-refractivity contribution >= 4 is 11.6 Å². The first-order valence-electron chi connectivity index (χ1n) is 9.04. The standard InChI is InChI=1S/C20H22N6/c1-2-16-12-19(26-20(25-16)15-6-8-21-9-7-15)23-13-14-5-10-22-18(11-14)24-17-3-4-17/h5-12,17H,2-4,13H2,1H3,(H,22,24)(H,23,25,26). The summed E-state index contributed by atoms with van der Waals surface area (Å²) in [5.41, 5.74) is 3.16. The molecule has 3 aromatic rings. The Kier molecular flexibility index (Phi) is 4.73. The van der Waals surface area contributed by atoms with Gasteiger partial charge in [0.25, 0.3) is 0 Å². The van der Waals surface area contributed by atoms with E-state index in [9.17, 15) is 0 Å². The van der Waals surface area contributed by atoms with Crippen LogP contribution >= 0.6 is 0 Å². The van der Waals surface area contributed by atoms with E-state index in [-0.39, 0.29) is 0 Å². The first kappa shape index (κ1) is 16.4. The van der Waals surface area contributed by atoms with Crippen molar-refractivity contribution in [2.24, 2.45) is 0 Å². The maximum absolute atomic E-state index is 4.67. The van der Waals surface area contributed by atoms with E-state index in [1.54, 1.807) is 12.4 Å². The number of hydrogen-bond acceptors (Lipinski definition) is 6. The van der Waals surface area contributed by atoms with Crippen molar-refractivity contribution in [1.82, 2.24) is 19.9 Å². The second-order valence-corrected chi connectivity index (χ2v) is 6.48. The van der Waals surface area contributed by atoms with Gasteiger partial charge in [0, 0.05) is 48.5 Å². The number of aromatic nitrogens is 4. The smallest absolute Gasteiger partial charge is 0.161 e. The molecule has 1 aliphatic rings. The van der Waals surface area contributed by atoms with Gasteiger partial charge in [0.05, 0.1) is 0 Å². The minimum atomic E-state index is 0.600. The van der Waals surface area contributed by atoms with Gasteiger partial charge in [-0.3, -0.25) is 4.98 Å². The Bertz CT molecular complexity index is 876. The number of hydrogen-bond donors (Lipinski definition) is 2. The summed E-state index contributed by atoms with van der Waals surface area (Å²) in [5, 5.41) is 6.85. The van der Waals surface area contributed by atoms with Crippen LogP contribution in [0.3, 0.4) is 0 Å². The molecule has 1 saturated carbocycles. The first-order chi connectivity index (χ1) is 12.8. The first-order valence-corrected chi connectivity index (χ1v) is 9.04. The number of anilines is 2. The highest BCUT2D eigenvalue weighted by molar-refractivity contribution is 5.57. The molecule has 0 radical (unpaired) electrons. The Morgan fingerprint density at radius 3 is 2.62 bits per heavy atom. The number of nitrogens with zero attached hydrogens (tertiary/aromatic N) is 4. The third-order valence-corrected chi connectivity index (χ3v) is 4.31. The fourth-order valence-electron chi connectivity index (χ4n) is 2.69. The normalized spacial score (nSPS) is 13.4. The van der Waals surface area contributed by atoms with Crippen molar-refractivity contribution in [3.05, 3.63) is 60.2 Å². The van der Waals surface area contributed by atoms with Crippen LogP contribution in [0.25, 0.3) is 11.4 Å². The monoisotopic (exact) mass is 346 g/mol. The summed E-state index contributed by atoms with van der Waals surface area (Å²) in [4.78, 5) is 17.7. The van der Waals surface area contributed by atoms with Crippen molar-refractivity contribution in [3.8, 4) is 11.4 Å². The fourth-order valence-corrected chi connectivity index (χ4v) is 2.69. The second kappa shape index (κ2) is 7.47. The summed E-state index contributed by atoms with van der Waals surface area (Å²) in [5.74, 6) is 2.50. The maximum atomic E-state index is 4.67. The van der Waals surface area contributed by atoms with Crippen LogP contribution in [0.5, 0.6) is 0 Å². The van der Waals surface area contributed by atoms with E-state index in [1.807, 2.05) is 30.5 Å². The molecule has 6 heteroatoms. The molecular formula is C20H22N6. The molecule has 0 atom stereocenters. The molecule has 132 valence electrons. The van der Waals surface area contributed by atoms with Crippen LogP contribution in [0.4, 0.5) is 11.6 Å². The third kappa shape index (κ3) is 4.14. The summed E-state index contributed by atoms with van der Waals surface area (Å²) >= 11 is 0. The average Bonchev–Trinajstić information content (AvgIpc) is 3.51. The summed E-state index contributed by atoms with van der Waals surface area (Å²) in [6.07, 6.45) is 8.71. The molecule has 6 nitrogen and oxygen atoms in total. The van der Waals surface area contributed by atoms with Crippen LogP contribution < -0.4 is 10.6 Å². The van der Waals surface area contributed by atoms with Gasteiger partial charge < -0.3 is 10.6 Å². The molecule has 1 aliphatic carbocycles. The summed E-state index contributed by atoms with van der Waals surface area (Å²) in [6, 6.07) is 10.6. The Morgan fingerprint density at radius 2 is 1.85 bits per heavy atom. The lowest BCUT2D eigenvalue weighted by atomic mass is 10.2. The highest BCUT2D eigenvalue weighted by Crippen LogP contribution is 2.24. The Balaban J connectivity index is 1.50. The molecule has 0 bridgehead atoms. The number of aryl methyl sites for hydroxylation is 1. The summed E-state index contributed by atoms with van der Waals surface area (Å²) in [6.45, 7) is 2.79. The molecule has 4 rings (SSSR count). The maximum Gasteiger partial charge on any atom is 0.161 e. The number of pyridine rings is 2. The predicted molar refractivity (Wildman–Crippen MR) is 103 cm³/mol. The minimum absolute atomic E-state index is 0.600. The van der Waals surface area contributed by atoms with E-state index < -0.39 is 0 Å². The molecule has 2 N–H and O–H groups in total. The third-order valence-electron chi connectivity index (χ3n) is 4.31. The molecule has 26 heavy (non-hydrogen) atoms. The van der Waals surface area contributed by atoms with Crippen LogP contribution in [0.2, 0.25) is 0 Å². The van der Waals surface area contributed by atoms with Crippen molar-refractivity contribution in [2.75, 3.05) is 10.6 Å². The molecule has 0 saturated heterocycles. The number of nitrogens with one attached hydrogen (secondary N) is 2. The van der Waals surface area contributed by atoms with Gasteiger partial charge in [0.15, 0.2) is 5.82 Å². The second-order valence-electron chi connectivity index (χ2n) is 6.48. The van der Waals surface area contributed by atoms with E-state index in [1.165, 1.54) is 18.4 Å². The SMILES string of the molecule is CCc1cc(NCc2ccnc(NC3CC3)c2)nc(-c2ccncc2)n1. The largest absolute Gasteiger partial charge is 0.367 e. The van der Waals surface area contributed by atoms with Gasteiger partial charge in [0.1, 0.15) is 11.6 Å². The van der Waals surface area contributed by atoms with Crippen LogP contribution in [0.1, 0.15) is 31.0 Å². The zero-order chi connectivity index (χ0) is 17.8. The average molecular weight is 346 g/mol. The van der Waals surface area contributed by atoms with E-state index in [4.69, 9.17) is 0 Å². The van der Waals surface area contributed by atoms with Crippen LogP contribution in [-0.4, -0.2) is 26.0 Å². The molecule has 0 spiro atoms. The van der Waals surface area contributed by atoms with Crippen LogP contribution in [0, 0.1) is 0 Å². The van der Waals surface area contributed by atoms with Gasteiger partial charge >= 0.3 is 0 Å². The van der Waals surface area contributed by atoms with Crippen LogP contribution in [-0.2, 0) is 13.0 Å². The van der Waals surface area contributed by atoms with Crippen molar-refractivity contribution < 1.29 is 0 Å². The molecular weight excluding hydrogens is 324 g/mol. The molecule has 0 amide bonds. The van der Waals surface area contributed by atoms with Gasteiger partial charge in [-0.15, -0.1) is 0 Å². The van der Waals surface area contributed by atoms with Crippen molar-refractivity contribution in [3.63, 3.8) is 0 Å². The Labute approximate surface area is 153 Å². The van der Waals surface area contributed by atoms with Gasteiger partial charge in [-0.05, 0) is 49.1 Å². The van der Waals surface area contributed by atoms with Gasteiger partial charge in [-0.2, -0.15) is 0 Å². The van der Waals surface area contributed by atoms with Crippen molar-refractivity contribution in [2.45, 2.75) is 38.8 Å². The highest BCUT2D eigenvalue weighted by Gasteiger charge is 2.21. The van der Waals surface area contributed by atoms with E-state index in [2.05, 4.69) is 43.6 Å². The molecule has 1 fully saturated rings. The lowest BCUT2D eigenvalue weighted by Crippen LogP contribution is -2.07. The predicted octanol–water partition coefficient (Wildman–Crippen LogP) is 3.68.